The summed E-state index contributed by atoms with van der Waals surface area (Å²) in [7, 11) is -4.15. The second-order valence-electron chi connectivity index (χ2n) is 8.73. The van der Waals surface area contributed by atoms with E-state index in [2.05, 4.69) is 10.5 Å². The number of hydrogen-bond donors (Lipinski definition) is 1. The molecule has 0 aliphatic carbocycles. The van der Waals surface area contributed by atoms with Crippen LogP contribution in [-0.2, 0) is 16.7 Å². The van der Waals surface area contributed by atoms with Crippen molar-refractivity contribution in [1.29, 1.82) is 0 Å². The minimum Gasteiger partial charge on any atom is -0.490 e. The molecule has 0 saturated heterocycles. The average molecular weight is 614 g/mol. The summed E-state index contributed by atoms with van der Waals surface area (Å²) in [5.74, 6) is 0.229. The molecule has 4 aromatic carbocycles. The highest BCUT2D eigenvalue weighted by Gasteiger charge is 2.21. The smallest absolute Gasteiger partial charge is 0.339 e. The number of halogens is 2. The standard InChI is InChI=1S/C30H26Cl2N2O6S/c1-3-38-28-17-23(11-14-27(28)39-19-21-7-5-4-6-8-21)30(35)34-33-18-22-15-25(31)29(26(32)16-22)40-41(36,37)24-12-9-20(2)10-13-24/h4-18H,3,19H2,1-2H3,(H,34,35)/b33-18+. The average Bonchev–Trinajstić information content (AvgIpc) is 2.95. The van der Waals surface area contributed by atoms with Gasteiger partial charge in [0, 0.05) is 5.56 Å². The lowest BCUT2D eigenvalue weighted by atomic mass is 10.2. The number of nitrogens with zero attached hydrogens (tertiary/aromatic N) is 1. The second kappa shape index (κ2) is 13.5. The maximum atomic E-state index is 12.7. The SMILES string of the molecule is CCOc1cc(C(=O)N/N=C/c2cc(Cl)c(OS(=O)(=O)c3ccc(C)cc3)c(Cl)c2)ccc1OCc1ccccc1. The molecule has 11 heteroatoms. The molecule has 212 valence electrons. The van der Waals surface area contributed by atoms with Crippen LogP contribution >= 0.6 is 23.2 Å². The van der Waals surface area contributed by atoms with Crippen LogP contribution in [0.5, 0.6) is 17.2 Å². The summed E-state index contributed by atoms with van der Waals surface area (Å²) >= 11 is 12.5. The Hall–Kier alpha value is -4.05. The molecule has 0 radical (unpaired) electrons. The molecule has 0 atom stereocenters. The molecular weight excluding hydrogens is 587 g/mol. The molecule has 4 rings (SSSR count). The molecule has 0 aliphatic rings. The fourth-order valence-corrected chi connectivity index (χ4v) is 5.24. The Morgan fingerprint density at radius 1 is 0.902 bits per heavy atom. The summed E-state index contributed by atoms with van der Waals surface area (Å²) in [4.78, 5) is 12.7. The largest absolute Gasteiger partial charge is 0.490 e. The van der Waals surface area contributed by atoms with E-state index in [0.29, 0.717) is 35.8 Å². The van der Waals surface area contributed by atoms with Crippen LogP contribution in [0, 0.1) is 6.92 Å². The molecule has 1 amide bonds. The zero-order chi connectivity index (χ0) is 29.4. The van der Waals surface area contributed by atoms with Crippen LogP contribution in [0.4, 0.5) is 0 Å². The number of benzene rings is 4. The van der Waals surface area contributed by atoms with Gasteiger partial charge in [-0.1, -0.05) is 71.2 Å². The number of carbonyl (C=O) groups is 1. The van der Waals surface area contributed by atoms with Gasteiger partial charge >= 0.3 is 10.1 Å². The van der Waals surface area contributed by atoms with E-state index < -0.39 is 16.0 Å². The van der Waals surface area contributed by atoms with Gasteiger partial charge in [0.1, 0.15) is 11.5 Å². The van der Waals surface area contributed by atoms with Crippen molar-refractivity contribution in [2.75, 3.05) is 6.61 Å². The van der Waals surface area contributed by atoms with Gasteiger partial charge < -0.3 is 13.7 Å². The van der Waals surface area contributed by atoms with Crippen molar-refractivity contribution in [2.45, 2.75) is 25.3 Å². The zero-order valence-electron chi connectivity index (χ0n) is 22.1. The molecule has 4 aromatic rings. The Kier molecular flexibility index (Phi) is 9.88. The van der Waals surface area contributed by atoms with E-state index in [4.69, 9.17) is 36.9 Å². The first-order chi connectivity index (χ1) is 19.7. The van der Waals surface area contributed by atoms with Crippen LogP contribution in [0.3, 0.4) is 0 Å². The Balaban J connectivity index is 1.42. The predicted octanol–water partition coefficient (Wildman–Crippen LogP) is 6.81. The van der Waals surface area contributed by atoms with Crippen molar-refractivity contribution in [3.8, 4) is 17.2 Å². The highest BCUT2D eigenvalue weighted by molar-refractivity contribution is 7.87. The van der Waals surface area contributed by atoms with Gasteiger partial charge in [-0.25, -0.2) is 5.43 Å². The van der Waals surface area contributed by atoms with Crippen molar-refractivity contribution in [3.05, 3.63) is 117 Å². The van der Waals surface area contributed by atoms with Crippen molar-refractivity contribution in [1.82, 2.24) is 5.43 Å². The monoisotopic (exact) mass is 612 g/mol. The molecule has 0 fully saturated rings. The van der Waals surface area contributed by atoms with Crippen LogP contribution in [0.2, 0.25) is 10.0 Å². The van der Waals surface area contributed by atoms with E-state index in [1.807, 2.05) is 44.2 Å². The van der Waals surface area contributed by atoms with Crippen molar-refractivity contribution >= 4 is 45.4 Å². The molecule has 8 nitrogen and oxygen atoms in total. The number of rotatable bonds is 11. The first-order valence-corrected chi connectivity index (χ1v) is 14.6. The van der Waals surface area contributed by atoms with E-state index in [1.165, 1.54) is 30.5 Å². The Bertz CT molecular complexity index is 1640. The molecule has 0 aromatic heterocycles. The van der Waals surface area contributed by atoms with Crippen molar-refractivity contribution in [2.24, 2.45) is 5.10 Å². The number of nitrogens with one attached hydrogen (secondary N) is 1. The zero-order valence-corrected chi connectivity index (χ0v) is 24.5. The fourth-order valence-electron chi connectivity index (χ4n) is 3.60. The topological polar surface area (TPSA) is 103 Å². The van der Waals surface area contributed by atoms with Crippen LogP contribution in [0.15, 0.2) is 94.9 Å². The van der Waals surface area contributed by atoms with E-state index in [1.54, 1.807) is 30.3 Å². The number of hydrogen-bond acceptors (Lipinski definition) is 7. The molecule has 1 N–H and O–H groups in total. The van der Waals surface area contributed by atoms with E-state index in [0.717, 1.165) is 11.1 Å². The van der Waals surface area contributed by atoms with Gasteiger partial charge in [-0.15, -0.1) is 0 Å². The Labute approximate surface area is 248 Å². The molecule has 0 heterocycles. The highest BCUT2D eigenvalue weighted by Crippen LogP contribution is 2.36. The Morgan fingerprint density at radius 2 is 1.59 bits per heavy atom. The van der Waals surface area contributed by atoms with E-state index >= 15 is 0 Å². The van der Waals surface area contributed by atoms with Gasteiger partial charge in [-0.2, -0.15) is 13.5 Å². The van der Waals surface area contributed by atoms with Crippen LogP contribution in [0.1, 0.15) is 34.0 Å². The van der Waals surface area contributed by atoms with Crippen molar-refractivity contribution < 1.29 is 26.9 Å². The van der Waals surface area contributed by atoms with Gasteiger partial charge in [0.05, 0.1) is 22.9 Å². The minimum absolute atomic E-state index is 0.0353. The normalized spacial score (nSPS) is 11.3. The molecule has 41 heavy (non-hydrogen) atoms. The summed E-state index contributed by atoms with van der Waals surface area (Å²) in [6.45, 7) is 4.41. The highest BCUT2D eigenvalue weighted by atomic mass is 35.5. The summed E-state index contributed by atoms with van der Waals surface area (Å²) in [5, 5.41) is 3.87. The lowest BCUT2D eigenvalue weighted by Gasteiger charge is -2.13. The fraction of sp³-hybridized carbons (Fsp3) is 0.133. The second-order valence-corrected chi connectivity index (χ2v) is 11.1. The summed E-state index contributed by atoms with van der Waals surface area (Å²) in [6, 6.07) is 23.5. The maximum absolute atomic E-state index is 12.7. The van der Waals surface area contributed by atoms with Gasteiger partial charge in [-0.3, -0.25) is 4.79 Å². The third-order valence-electron chi connectivity index (χ3n) is 5.65. The molecule has 0 saturated carbocycles. The number of aryl methyl sites for hydroxylation is 1. The summed E-state index contributed by atoms with van der Waals surface area (Å²) < 4.78 is 42.0. The lowest BCUT2D eigenvalue weighted by Crippen LogP contribution is -2.17. The quantitative estimate of drug-likeness (QED) is 0.113. The molecule has 0 spiro atoms. The van der Waals surface area contributed by atoms with Gasteiger partial charge in [0.25, 0.3) is 5.91 Å². The first-order valence-electron chi connectivity index (χ1n) is 12.4. The molecular formula is C30H26Cl2N2O6S. The van der Waals surface area contributed by atoms with Gasteiger partial charge in [0.2, 0.25) is 0 Å². The molecule has 0 bridgehead atoms. The number of carbonyl (C=O) groups excluding carboxylic acids is 1. The number of hydrazone groups is 1. The predicted molar refractivity (Wildman–Crippen MR) is 159 cm³/mol. The van der Waals surface area contributed by atoms with Crippen LogP contribution < -0.4 is 19.1 Å². The van der Waals surface area contributed by atoms with Gasteiger partial charge in [0.15, 0.2) is 17.2 Å². The summed E-state index contributed by atoms with van der Waals surface area (Å²) in [6.07, 6.45) is 1.31. The van der Waals surface area contributed by atoms with E-state index in [-0.39, 0.29) is 20.7 Å². The van der Waals surface area contributed by atoms with Crippen LogP contribution in [-0.4, -0.2) is 27.1 Å². The molecule has 0 aliphatic heterocycles. The first kappa shape index (κ1) is 29.9. The van der Waals surface area contributed by atoms with Crippen molar-refractivity contribution in [3.63, 3.8) is 0 Å². The van der Waals surface area contributed by atoms with Crippen LogP contribution in [0.25, 0.3) is 0 Å². The van der Waals surface area contributed by atoms with Gasteiger partial charge in [-0.05, 0) is 67.4 Å². The summed E-state index contributed by atoms with van der Waals surface area (Å²) in [5.41, 5.74) is 5.04. The third kappa shape index (κ3) is 8.00. The number of amides is 1. The molecule has 0 unspecified atom stereocenters. The van der Waals surface area contributed by atoms with E-state index in [9.17, 15) is 13.2 Å². The Morgan fingerprint density at radius 3 is 2.24 bits per heavy atom. The third-order valence-corrected chi connectivity index (χ3v) is 7.44. The number of ether oxygens (including phenoxy) is 2. The lowest BCUT2D eigenvalue weighted by molar-refractivity contribution is 0.0954. The minimum atomic E-state index is -4.15. The maximum Gasteiger partial charge on any atom is 0.339 e.